The van der Waals surface area contributed by atoms with Crippen LogP contribution in [0.2, 0.25) is 0 Å². The minimum absolute atomic E-state index is 0.0434. The summed E-state index contributed by atoms with van der Waals surface area (Å²) >= 11 is 0. The lowest BCUT2D eigenvalue weighted by molar-refractivity contribution is -0.143. The number of hydrogen-bond acceptors (Lipinski definition) is 8. The van der Waals surface area contributed by atoms with E-state index in [1.165, 1.54) is 0 Å². The molecule has 4 rings (SSSR count). The van der Waals surface area contributed by atoms with Crippen LogP contribution in [0.25, 0.3) is 22.6 Å². The van der Waals surface area contributed by atoms with Crippen molar-refractivity contribution in [3.8, 4) is 11.4 Å². The maximum atomic E-state index is 13.1. The van der Waals surface area contributed by atoms with E-state index >= 15 is 0 Å². The van der Waals surface area contributed by atoms with E-state index in [1.807, 2.05) is 30.2 Å². The Hall–Kier alpha value is -3.14. The van der Waals surface area contributed by atoms with Crippen LogP contribution in [0.3, 0.4) is 0 Å². The molecule has 0 radical (unpaired) electrons. The molecule has 1 aliphatic heterocycles. The Bertz CT molecular complexity index is 1130. The lowest BCUT2D eigenvalue weighted by atomic mass is 9.99. The van der Waals surface area contributed by atoms with E-state index in [0.29, 0.717) is 43.2 Å². The second-order valence-corrected chi connectivity index (χ2v) is 9.35. The van der Waals surface area contributed by atoms with Gasteiger partial charge in [-0.2, -0.15) is 0 Å². The molecule has 10 heteroatoms. The van der Waals surface area contributed by atoms with Crippen molar-refractivity contribution < 1.29 is 9.53 Å². The number of nitrogens with zero attached hydrogens (tertiary/aromatic N) is 7. The molecule has 1 amide bonds. The summed E-state index contributed by atoms with van der Waals surface area (Å²) in [6, 6.07) is -0.100. The lowest BCUT2D eigenvalue weighted by Gasteiger charge is -2.36. The van der Waals surface area contributed by atoms with Crippen molar-refractivity contribution in [3.05, 3.63) is 24.5 Å². The smallest absolute Gasteiger partial charge is 0.224 e. The number of amides is 1. The van der Waals surface area contributed by atoms with Crippen molar-refractivity contribution in [2.24, 2.45) is 5.92 Å². The van der Waals surface area contributed by atoms with E-state index in [0.717, 1.165) is 17.0 Å². The molecule has 34 heavy (non-hydrogen) atoms. The van der Waals surface area contributed by atoms with Crippen molar-refractivity contribution >= 4 is 22.9 Å². The standard InChI is InChI=1S/C24H34N8O2/c1-7-32-23(18-9-25-17(6)26-10-18)30-21-22(27-13-28-24(21)32)29-19(14(2)3)8-20(33)31-11-15(4)34-16(5)12-31/h9-10,13-16,19H,7-8,11-12H2,1-6H3,(H,27,28,29)/t15-,16+,19-/m0/s1. The number of anilines is 1. The number of nitrogens with one attached hydrogen (secondary N) is 1. The maximum absolute atomic E-state index is 13.1. The number of carbonyl (C=O) groups excluding carboxylic acids is 1. The van der Waals surface area contributed by atoms with E-state index < -0.39 is 0 Å². The van der Waals surface area contributed by atoms with Gasteiger partial charge in [-0.25, -0.2) is 24.9 Å². The molecule has 10 nitrogen and oxygen atoms in total. The highest BCUT2D eigenvalue weighted by Crippen LogP contribution is 2.27. The Balaban J connectivity index is 1.61. The van der Waals surface area contributed by atoms with Crippen molar-refractivity contribution in [3.63, 3.8) is 0 Å². The molecule has 0 spiro atoms. The third-order valence-electron chi connectivity index (χ3n) is 6.18. The predicted molar refractivity (Wildman–Crippen MR) is 130 cm³/mol. The number of fused-ring (bicyclic) bond motifs is 1. The van der Waals surface area contributed by atoms with Gasteiger partial charge < -0.3 is 19.5 Å². The predicted octanol–water partition coefficient (Wildman–Crippen LogP) is 3.07. The molecule has 1 N–H and O–H groups in total. The third-order valence-corrected chi connectivity index (χ3v) is 6.18. The van der Waals surface area contributed by atoms with Crippen molar-refractivity contribution in [1.29, 1.82) is 0 Å². The minimum atomic E-state index is -0.100. The largest absolute Gasteiger partial charge is 0.372 e. The molecule has 0 bridgehead atoms. The molecular formula is C24H34N8O2. The first-order valence-electron chi connectivity index (χ1n) is 12.0. The van der Waals surface area contributed by atoms with Gasteiger partial charge in [0.15, 0.2) is 17.0 Å². The normalized spacial score (nSPS) is 19.6. The van der Waals surface area contributed by atoms with Crippen molar-refractivity contribution in [2.45, 2.75) is 72.8 Å². The van der Waals surface area contributed by atoms with E-state index in [2.05, 4.69) is 46.0 Å². The van der Waals surface area contributed by atoms with Crippen LogP contribution >= 0.6 is 0 Å². The molecule has 0 saturated carbocycles. The second kappa shape index (κ2) is 10.0. The Morgan fingerprint density at radius 2 is 1.82 bits per heavy atom. The Morgan fingerprint density at radius 1 is 1.15 bits per heavy atom. The van der Waals surface area contributed by atoms with E-state index in [9.17, 15) is 4.79 Å². The average molecular weight is 467 g/mol. The average Bonchev–Trinajstić information content (AvgIpc) is 3.18. The van der Waals surface area contributed by atoms with Gasteiger partial charge in [0, 0.05) is 44.5 Å². The number of aryl methyl sites for hydroxylation is 2. The fraction of sp³-hybridized carbons (Fsp3) is 0.583. The maximum Gasteiger partial charge on any atom is 0.224 e. The molecule has 0 unspecified atom stereocenters. The van der Waals surface area contributed by atoms with E-state index in [-0.39, 0.29) is 30.1 Å². The molecule has 3 atom stereocenters. The molecule has 4 heterocycles. The zero-order valence-electron chi connectivity index (χ0n) is 20.8. The number of rotatable bonds is 7. The first-order chi connectivity index (χ1) is 16.3. The third kappa shape index (κ3) is 5.01. The minimum Gasteiger partial charge on any atom is -0.372 e. The number of ether oxygens (including phenoxy) is 1. The van der Waals surface area contributed by atoms with Gasteiger partial charge in [0.1, 0.15) is 18.0 Å². The number of aromatic nitrogens is 6. The fourth-order valence-electron chi connectivity index (χ4n) is 4.40. The number of hydrogen-bond donors (Lipinski definition) is 1. The second-order valence-electron chi connectivity index (χ2n) is 9.35. The molecule has 3 aromatic rings. The van der Waals surface area contributed by atoms with Crippen LogP contribution in [-0.4, -0.2) is 71.6 Å². The molecule has 1 aliphatic rings. The van der Waals surface area contributed by atoms with Crippen LogP contribution < -0.4 is 5.32 Å². The summed E-state index contributed by atoms with van der Waals surface area (Å²) in [6.45, 7) is 14.1. The quantitative estimate of drug-likeness (QED) is 0.566. The highest BCUT2D eigenvalue weighted by atomic mass is 16.5. The van der Waals surface area contributed by atoms with Gasteiger partial charge >= 0.3 is 0 Å². The number of morpholine rings is 1. The molecule has 1 saturated heterocycles. The van der Waals surface area contributed by atoms with Gasteiger partial charge in [-0.05, 0) is 33.6 Å². The van der Waals surface area contributed by atoms with Gasteiger partial charge in [0.05, 0.1) is 17.8 Å². The summed E-state index contributed by atoms with van der Waals surface area (Å²) in [6.07, 6.45) is 5.55. The summed E-state index contributed by atoms with van der Waals surface area (Å²) in [5, 5.41) is 3.50. The monoisotopic (exact) mass is 466 g/mol. The van der Waals surface area contributed by atoms with Gasteiger partial charge in [0.2, 0.25) is 5.91 Å². The van der Waals surface area contributed by atoms with Gasteiger partial charge in [0.25, 0.3) is 0 Å². The molecule has 0 aliphatic carbocycles. The molecule has 0 aromatic carbocycles. The zero-order valence-corrected chi connectivity index (χ0v) is 20.8. The van der Waals surface area contributed by atoms with Crippen LogP contribution in [0.15, 0.2) is 18.7 Å². The van der Waals surface area contributed by atoms with Crippen LogP contribution in [0.4, 0.5) is 5.82 Å². The van der Waals surface area contributed by atoms with Crippen LogP contribution in [0.1, 0.15) is 46.9 Å². The first kappa shape index (κ1) is 24.0. The Labute approximate surface area is 200 Å². The van der Waals surface area contributed by atoms with Crippen LogP contribution in [0.5, 0.6) is 0 Å². The summed E-state index contributed by atoms with van der Waals surface area (Å²) < 4.78 is 7.81. The molecule has 3 aromatic heterocycles. The Kier molecular flexibility index (Phi) is 7.06. The summed E-state index contributed by atoms with van der Waals surface area (Å²) in [7, 11) is 0. The van der Waals surface area contributed by atoms with Crippen molar-refractivity contribution in [2.75, 3.05) is 18.4 Å². The molecule has 182 valence electrons. The summed E-state index contributed by atoms with van der Waals surface area (Å²) in [4.78, 5) is 37.5. The van der Waals surface area contributed by atoms with E-state index in [1.54, 1.807) is 18.7 Å². The summed E-state index contributed by atoms with van der Waals surface area (Å²) in [5.41, 5.74) is 2.23. The summed E-state index contributed by atoms with van der Waals surface area (Å²) in [5.74, 6) is 2.41. The van der Waals surface area contributed by atoms with Crippen LogP contribution in [-0.2, 0) is 16.1 Å². The highest BCUT2D eigenvalue weighted by Gasteiger charge is 2.29. The van der Waals surface area contributed by atoms with Crippen molar-refractivity contribution in [1.82, 2.24) is 34.4 Å². The number of carbonyl (C=O) groups is 1. The zero-order chi connectivity index (χ0) is 24.4. The molecular weight excluding hydrogens is 432 g/mol. The topological polar surface area (TPSA) is 111 Å². The fourth-order valence-corrected chi connectivity index (χ4v) is 4.40. The SMILES string of the molecule is CCn1c(-c2cnc(C)nc2)nc2c(N[C@@H](CC(=O)N3C[C@@H](C)O[C@@H](C)C3)C(C)C)ncnc21. The lowest BCUT2D eigenvalue weighted by Crippen LogP contribution is -2.49. The van der Waals surface area contributed by atoms with Gasteiger partial charge in [-0.1, -0.05) is 13.8 Å². The molecule has 1 fully saturated rings. The van der Waals surface area contributed by atoms with Gasteiger partial charge in [-0.15, -0.1) is 0 Å². The Morgan fingerprint density at radius 3 is 2.44 bits per heavy atom. The van der Waals surface area contributed by atoms with Gasteiger partial charge in [-0.3, -0.25) is 4.79 Å². The number of imidazole rings is 1. The van der Waals surface area contributed by atoms with E-state index in [4.69, 9.17) is 9.72 Å². The van der Waals surface area contributed by atoms with Crippen LogP contribution in [0, 0.1) is 12.8 Å². The first-order valence-corrected chi connectivity index (χ1v) is 12.0. The highest BCUT2D eigenvalue weighted by molar-refractivity contribution is 5.87.